The summed E-state index contributed by atoms with van der Waals surface area (Å²) in [6.07, 6.45) is 4.49. The highest BCUT2D eigenvalue weighted by Crippen LogP contribution is 2.19. The van der Waals surface area contributed by atoms with Crippen molar-refractivity contribution in [3.05, 3.63) is 47.8 Å². The predicted molar refractivity (Wildman–Crippen MR) is 56.2 cm³/mol. The van der Waals surface area contributed by atoms with E-state index in [9.17, 15) is 5.11 Å². The number of aliphatic hydroxyl groups excluding tert-OH is 1. The maximum Gasteiger partial charge on any atom is 0.142 e. The van der Waals surface area contributed by atoms with E-state index in [-0.39, 0.29) is 0 Å². The van der Waals surface area contributed by atoms with E-state index in [1.54, 1.807) is 23.0 Å². The number of hydrogen-bond acceptors (Lipinski definition) is 3. The molecule has 0 bridgehead atoms. The van der Waals surface area contributed by atoms with Gasteiger partial charge in [0.25, 0.3) is 0 Å². The lowest BCUT2D eigenvalue weighted by molar-refractivity contribution is 0.206. The average molecular weight is 203 g/mol. The molecule has 0 aromatic carbocycles. The van der Waals surface area contributed by atoms with Gasteiger partial charge >= 0.3 is 0 Å². The molecule has 15 heavy (non-hydrogen) atoms. The molecule has 0 saturated carbocycles. The Kier molecular flexibility index (Phi) is 2.51. The summed E-state index contributed by atoms with van der Waals surface area (Å²) < 4.78 is 1.81. The van der Waals surface area contributed by atoms with Crippen molar-refractivity contribution in [2.45, 2.75) is 13.0 Å². The fourth-order valence-electron chi connectivity index (χ4n) is 1.53. The monoisotopic (exact) mass is 203 g/mol. The third kappa shape index (κ3) is 1.89. The SMILES string of the molecule is Cc1cc(C(O)c2nccn2C)ccn1. The third-order valence-electron chi connectivity index (χ3n) is 2.34. The minimum absolute atomic E-state index is 0.639. The molecule has 4 nitrogen and oxygen atoms in total. The Morgan fingerprint density at radius 3 is 2.73 bits per heavy atom. The van der Waals surface area contributed by atoms with Crippen LogP contribution in [0.25, 0.3) is 0 Å². The van der Waals surface area contributed by atoms with Crippen LogP contribution in [0.5, 0.6) is 0 Å². The lowest BCUT2D eigenvalue weighted by atomic mass is 10.1. The Balaban J connectivity index is 2.36. The molecule has 0 aliphatic carbocycles. The van der Waals surface area contributed by atoms with Crippen LogP contribution in [0, 0.1) is 6.92 Å². The van der Waals surface area contributed by atoms with Gasteiger partial charge in [-0.05, 0) is 24.6 Å². The molecule has 0 aliphatic heterocycles. The zero-order valence-corrected chi connectivity index (χ0v) is 8.75. The Morgan fingerprint density at radius 2 is 2.13 bits per heavy atom. The van der Waals surface area contributed by atoms with Gasteiger partial charge in [0.1, 0.15) is 11.9 Å². The minimum atomic E-state index is -0.688. The first-order valence-electron chi connectivity index (χ1n) is 4.76. The summed E-state index contributed by atoms with van der Waals surface area (Å²) in [7, 11) is 1.86. The zero-order valence-electron chi connectivity index (χ0n) is 8.75. The van der Waals surface area contributed by atoms with Crippen molar-refractivity contribution in [2.75, 3.05) is 0 Å². The number of aryl methyl sites for hydroxylation is 2. The predicted octanol–water partition coefficient (Wildman–Crippen LogP) is 1.21. The fourth-order valence-corrected chi connectivity index (χ4v) is 1.53. The van der Waals surface area contributed by atoms with E-state index in [0.717, 1.165) is 11.3 Å². The summed E-state index contributed by atoms with van der Waals surface area (Å²) in [6, 6.07) is 3.66. The molecule has 4 heteroatoms. The van der Waals surface area contributed by atoms with E-state index >= 15 is 0 Å². The first kappa shape index (κ1) is 9.86. The van der Waals surface area contributed by atoms with Gasteiger partial charge in [0.05, 0.1) is 0 Å². The van der Waals surface area contributed by atoms with E-state index in [4.69, 9.17) is 0 Å². The number of nitrogens with zero attached hydrogens (tertiary/aromatic N) is 3. The molecule has 0 saturated heterocycles. The van der Waals surface area contributed by atoms with Gasteiger partial charge in [0, 0.05) is 31.3 Å². The molecular weight excluding hydrogens is 190 g/mol. The molecule has 2 rings (SSSR count). The smallest absolute Gasteiger partial charge is 0.142 e. The van der Waals surface area contributed by atoms with E-state index in [2.05, 4.69) is 9.97 Å². The third-order valence-corrected chi connectivity index (χ3v) is 2.34. The minimum Gasteiger partial charge on any atom is -0.380 e. The average Bonchev–Trinajstić information content (AvgIpc) is 2.63. The maximum absolute atomic E-state index is 10.1. The number of aliphatic hydroxyl groups is 1. The van der Waals surface area contributed by atoms with Crippen LogP contribution in [0.4, 0.5) is 0 Å². The van der Waals surface area contributed by atoms with Crippen LogP contribution in [0.1, 0.15) is 23.2 Å². The normalized spacial score (nSPS) is 12.7. The summed E-state index contributed by atoms with van der Waals surface area (Å²) in [5.41, 5.74) is 1.71. The molecule has 78 valence electrons. The molecule has 1 N–H and O–H groups in total. The molecule has 0 radical (unpaired) electrons. The van der Waals surface area contributed by atoms with E-state index in [1.165, 1.54) is 0 Å². The first-order valence-corrected chi connectivity index (χ1v) is 4.76. The Labute approximate surface area is 88.2 Å². The molecule has 0 amide bonds. The van der Waals surface area contributed by atoms with E-state index < -0.39 is 6.10 Å². The van der Waals surface area contributed by atoms with Gasteiger partial charge in [-0.25, -0.2) is 4.98 Å². The number of imidazole rings is 1. The molecular formula is C11H13N3O. The van der Waals surface area contributed by atoms with Crippen molar-refractivity contribution in [3.63, 3.8) is 0 Å². The maximum atomic E-state index is 10.1. The Morgan fingerprint density at radius 1 is 1.33 bits per heavy atom. The molecule has 0 fully saturated rings. The standard InChI is InChI=1S/C11H13N3O/c1-8-7-9(3-4-12-8)10(15)11-13-5-6-14(11)2/h3-7,10,15H,1-2H3. The lowest BCUT2D eigenvalue weighted by Gasteiger charge is -2.10. The topological polar surface area (TPSA) is 50.9 Å². The summed E-state index contributed by atoms with van der Waals surface area (Å²) >= 11 is 0. The van der Waals surface area contributed by atoms with Crippen LogP contribution >= 0.6 is 0 Å². The van der Waals surface area contributed by atoms with Crippen molar-refractivity contribution in [1.29, 1.82) is 0 Å². The Hall–Kier alpha value is -1.68. The second-order valence-electron chi connectivity index (χ2n) is 3.53. The summed E-state index contributed by atoms with van der Waals surface area (Å²) in [5.74, 6) is 0.639. The Bertz CT molecular complexity index is 464. The number of pyridine rings is 1. The zero-order chi connectivity index (χ0) is 10.8. The summed E-state index contributed by atoms with van der Waals surface area (Å²) in [5, 5.41) is 10.1. The summed E-state index contributed by atoms with van der Waals surface area (Å²) in [6.45, 7) is 1.90. The lowest BCUT2D eigenvalue weighted by Crippen LogP contribution is -2.07. The van der Waals surface area contributed by atoms with Gasteiger partial charge < -0.3 is 9.67 Å². The van der Waals surface area contributed by atoms with Crippen LogP contribution in [0.2, 0.25) is 0 Å². The molecule has 0 aliphatic rings. The first-order chi connectivity index (χ1) is 7.18. The molecule has 1 atom stereocenters. The number of rotatable bonds is 2. The molecule has 2 aromatic heterocycles. The molecule has 2 aromatic rings. The van der Waals surface area contributed by atoms with Gasteiger partial charge in [0.2, 0.25) is 0 Å². The van der Waals surface area contributed by atoms with Crippen molar-refractivity contribution in [3.8, 4) is 0 Å². The van der Waals surface area contributed by atoms with Crippen molar-refractivity contribution in [1.82, 2.24) is 14.5 Å². The van der Waals surface area contributed by atoms with E-state index in [0.29, 0.717) is 5.82 Å². The van der Waals surface area contributed by atoms with Crippen LogP contribution in [0.3, 0.4) is 0 Å². The van der Waals surface area contributed by atoms with Crippen LogP contribution < -0.4 is 0 Å². The number of aromatic nitrogens is 3. The highest BCUT2D eigenvalue weighted by Gasteiger charge is 2.14. The highest BCUT2D eigenvalue weighted by molar-refractivity contribution is 5.23. The van der Waals surface area contributed by atoms with Gasteiger partial charge in [-0.2, -0.15) is 0 Å². The largest absolute Gasteiger partial charge is 0.380 e. The molecule has 1 unspecified atom stereocenters. The van der Waals surface area contributed by atoms with Crippen molar-refractivity contribution < 1.29 is 5.11 Å². The molecule has 0 spiro atoms. The fraction of sp³-hybridized carbons (Fsp3) is 0.273. The van der Waals surface area contributed by atoms with Crippen LogP contribution in [-0.4, -0.2) is 19.6 Å². The van der Waals surface area contributed by atoms with Gasteiger partial charge in [-0.15, -0.1) is 0 Å². The molecule has 2 heterocycles. The van der Waals surface area contributed by atoms with Crippen molar-refractivity contribution >= 4 is 0 Å². The van der Waals surface area contributed by atoms with Crippen LogP contribution in [0.15, 0.2) is 30.7 Å². The highest BCUT2D eigenvalue weighted by atomic mass is 16.3. The van der Waals surface area contributed by atoms with Gasteiger partial charge in [0.15, 0.2) is 0 Å². The number of hydrogen-bond donors (Lipinski definition) is 1. The van der Waals surface area contributed by atoms with Gasteiger partial charge in [-0.1, -0.05) is 0 Å². The second kappa shape index (κ2) is 3.82. The quantitative estimate of drug-likeness (QED) is 0.798. The van der Waals surface area contributed by atoms with E-state index in [1.807, 2.05) is 26.2 Å². The van der Waals surface area contributed by atoms with Gasteiger partial charge in [-0.3, -0.25) is 4.98 Å². The van der Waals surface area contributed by atoms with Crippen LogP contribution in [-0.2, 0) is 7.05 Å². The van der Waals surface area contributed by atoms with Crippen molar-refractivity contribution in [2.24, 2.45) is 7.05 Å². The second-order valence-corrected chi connectivity index (χ2v) is 3.53. The summed E-state index contributed by atoms with van der Waals surface area (Å²) in [4.78, 5) is 8.20.